The molecule has 4 aromatic carbocycles. The molecule has 0 aliphatic heterocycles. The topological polar surface area (TPSA) is 6.48 Å². The van der Waals surface area contributed by atoms with E-state index >= 15 is 0 Å². The first-order valence-electron chi connectivity index (χ1n) is 14.9. The van der Waals surface area contributed by atoms with E-state index in [0.717, 1.165) is 25.9 Å². The zero-order valence-electron chi connectivity index (χ0n) is 25.4. The molecular formula is C40H42N2. The van der Waals surface area contributed by atoms with Crippen molar-refractivity contribution in [3.8, 4) is 0 Å². The summed E-state index contributed by atoms with van der Waals surface area (Å²) in [7, 11) is 8.48. The Morgan fingerprint density at radius 1 is 0.405 bits per heavy atom. The van der Waals surface area contributed by atoms with Crippen LogP contribution in [0.15, 0.2) is 109 Å². The first kappa shape index (κ1) is 29.3. The number of nitrogens with zero attached hydrogens (tertiary/aromatic N) is 2. The first-order valence-corrected chi connectivity index (χ1v) is 14.9. The van der Waals surface area contributed by atoms with Crippen LogP contribution in [0.5, 0.6) is 0 Å². The van der Waals surface area contributed by atoms with Gasteiger partial charge in [0, 0.05) is 13.1 Å². The zero-order valence-corrected chi connectivity index (χ0v) is 25.4. The minimum atomic E-state index is 1.06. The van der Waals surface area contributed by atoms with Crippen molar-refractivity contribution in [2.45, 2.75) is 12.8 Å². The van der Waals surface area contributed by atoms with Crippen LogP contribution in [0.25, 0.3) is 35.5 Å². The van der Waals surface area contributed by atoms with Gasteiger partial charge in [-0.05, 0) is 96.7 Å². The Morgan fingerprint density at radius 3 is 0.929 bits per heavy atom. The standard InChI is InChI=1S/2C20H21N/c2*1-21(2)15-7-12-20-18-10-5-3-8-16(18)13-14-17-9-4-6-11-19(17)20/h2*3-6,8-14H,7,15H2,1-2H3. The van der Waals surface area contributed by atoms with Crippen LogP contribution < -0.4 is 0 Å². The van der Waals surface area contributed by atoms with Gasteiger partial charge in [-0.3, -0.25) is 0 Å². The lowest BCUT2D eigenvalue weighted by molar-refractivity contribution is 0.417. The number of fused-ring (bicyclic) bond motifs is 4. The van der Waals surface area contributed by atoms with Crippen molar-refractivity contribution >= 4 is 35.5 Å². The molecule has 0 bridgehead atoms. The van der Waals surface area contributed by atoms with Gasteiger partial charge in [0.25, 0.3) is 0 Å². The van der Waals surface area contributed by atoms with Gasteiger partial charge in [-0.2, -0.15) is 0 Å². The Morgan fingerprint density at radius 2 is 0.667 bits per heavy atom. The van der Waals surface area contributed by atoms with Crippen LogP contribution in [0.4, 0.5) is 0 Å². The highest BCUT2D eigenvalue weighted by Crippen LogP contribution is 2.35. The molecule has 0 saturated heterocycles. The Bertz CT molecular complexity index is 1400. The lowest BCUT2D eigenvalue weighted by Crippen LogP contribution is -2.12. The van der Waals surface area contributed by atoms with Crippen LogP contribution in [-0.2, 0) is 0 Å². The summed E-state index contributed by atoms with van der Waals surface area (Å²) in [6.45, 7) is 2.14. The van der Waals surface area contributed by atoms with E-state index in [4.69, 9.17) is 0 Å². The Hall–Kier alpha value is -4.24. The molecular weight excluding hydrogens is 508 g/mol. The van der Waals surface area contributed by atoms with Gasteiger partial charge < -0.3 is 9.80 Å². The summed E-state index contributed by atoms with van der Waals surface area (Å²) in [5, 5.41) is 0. The van der Waals surface area contributed by atoms with Gasteiger partial charge >= 0.3 is 0 Å². The second kappa shape index (κ2) is 14.1. The van der Waals surface area contributed by atoms with Crippen molar-refractivity contribution in [2.24, 2.45) is 0 Å². The van der Waals surface area contributed by atoms with Crippen LogP contribution in [0.3, 0.4) is 0 Å². The highest BCUT2D eigenvalue weighted by molar-refractivity contribution is 5.94. The van der Waals surface area contributed by atoms with Gasteiger partial charge in [0.15, 0.2) is 0 Å². The quantitative estimate of drug-likeness (QED) is 0.204. The predicted molar refractivity (Wildman–Crippen MR) is 184 cm³/mol. The predicted octanol–water partition coefficient (Wildman–Crippen LogP) is 9.11. The molecule has 0 radical (unpaired) electrons. The first-order chi connectivity index (χ1) is 20.5. The molecule has 0 aromatic heterocycles. The largest absolute Gasteiger partial charge is 0.309 e. The second-order valence-corrected chi connectivity index (χ2v) is 11.4. The summed E-state index contributed by atoms with van der Waals surface area (Å²) in [5.74, 6) is 0. The van der Waals surface area contributed by atoms with E-state index in [9.17, 15) is 0 Å². The Labute approximate surface area is 252 Å². The minimum absolute atomic E-state index is 1.06. The monoisotopic (exact) mass is 550 g/mol. The van der Waals surface area contributed by atoms with Crippen LogP contribution >= 0.6 is 0 Å². The lowest BCUT2D eigenvalue weighted by Gasteiger charge is -2.13. The number of benzene rings is 4. The van der Waals surface area contributed by atoms with E-state index in [0.29, 0.717) is 0 Å². The van der Waals surface area contributed by atoms with Gasteiger partial charge in [-0.15, -0.1) is 0 Å². The van der Waals surface area contributed by atoms with E-state index in [1.807, 2.05) is 0 Å². The molecule has 4 aromatic rings. The fourth-order valence-corrected chi connectivity index (χ4v) is 5.57. The summed E-state index contributed by atoms with van der Waals surface area (Å²) >= 11 is 0. The molecule has 0 spiro atoms. The van der Waals surface area contributed by atoms with E-state index in [-0.39, 0.29) is 0 Å². The summed E-state index contributed by atoms with van der Waals surface area (Å²) in [6, 6.07) is 34.6. The third kappa shape index (κ3) is 7.15. The number of hydrogen-bond acceptors (Lipinski definition) is 2. The van der Waals surface area contributed by atoms with Gasteiger partial charge in [0.05, 0.1) is 0 Å². The SMILES string of the molecule is CN(C)CCC=C1c2ccccc2C=Cc2ccccc21.CN(C)CCC=C1c2ccccc2C=Cc2ccccc21. The molecule has 2 aliphatic rings. The summed E-state index contributed by atoms with van der Waals surface area (Å²) < 4.78 is 0. The lowest BCUT2D eigenvalue weighted by atomic mass is 9.93. The van der Waals surface area contributed by atoms with E-state index in [1.54, 1.807) is 0 Å². The summed E-state index contributed by atoms with van der Waals surface area (Å²) in [5.41, 5.74) is 13.2. The van der Waals surface area contributed by atoms with Crippen LogP contribution in [-0.4, -0.2) is 51.1 Å². The molecule has 0 fully saturated rings. The molecule has 0 unspecified atom stereocenters. The van der Waals surface area contributed by atoms with Gasteiger partial charge in [-0.25, -0.2) is 0 Å². The smallest absolute Gasteiger partial charge is 0.00101 e. The average molecular weight is 551 g/mol. The normalized spacial score (nSPS) is 12.8. The van der Waals surface area contributed by atoms with Crippen molar-refractivity contribution in [1.82, 2.24) is 9.80 Å². The van der Waals surface area contributed by atoms with Crippen molar-refractivity contribution in [2.75, 3.05) is 41.3 Å². The molecule has 0 atom stereocenters. The third-order valence-corrected chi connectivity index (χ3v) is 7.74. The highest BCUT2D eigenvalue weighted by atomic mass is 15.0. The fourth-order valence-electron chi connectivity index (χ4n) is 5.57. The fraction of sp³-hybridized carbons (Fsp3) is 0.200. The van der Waals surface area contributed by atoms with Gasteiger partial charge in [0.2, 0.25) is 0 Å². The Balaban J connectivity index is 0.000000168. The van der Waals surface area contributed by atoms with Crippen LogP contribution in [0.1, 0.15) is 57.3 Å². The Kier molecular flexibility index (Phi) is 9.82. The number of rotatable bonds is 6. The molecule has 2 nitrogen and oxygen atoms in total. The molecule has 0 saturated carbocycles. The van der Waals surface area contributed by atoms with Crippen LogP contribution in [0, 0.1) is 0 Å². The van der Waals surface area contributed by atoms with Gasteiger partial charge in [0.1, 0.15) is 0 Å². The molecule has 212 valence electrons. The van der Waals surface area contributed by atoms with Crippen molar-refractivity contribution in [3.63, 3.8) is 0 Å². The molecule has 0 N–H and O–H groups in total. The zero-order chi connectivity index (χ0) is 29.3. The van der Waals surface area contributed by atoms with E-state index in [2.05, 4.69) is 172 Å². The van der Waals surface area contributed by atoms with Crippen molar-refractivity contribution in [3.05, 3.63) is 154 Å². The van der Waals surface area contributed by atoms with E-state index in [1.165, 1.54) is 55.7 Å². The molecule has 2 aliphatic carbocycles. The van der Waals surface area contributed by atoms with Crippen molar-refractivity contribution in [1.29, 1.82) is 0 Å². The maximum absolute atomic E-state index is 2.38. The molecule has 6 rings (SSSR count). The highest BCUT2D eigenvalue weighted by Gasteiger charge is 2.15. The molecule has 42 heavy (non-hydrogen) atoms. The minimum Gasteiger partial charge on any atom is -0.309 e. The molecule has 0 amide bonds. The summed E-state index contributed by atoms with van der Waals surface area (Å²) in [4.78, 5) is 4.45. The van der Waals surface area contributed by atoms with Gasteiger partial charge in [-0.1, -0.05) is 134 Å². The third-order valence-electron chi connectivity index (χ3n) is 7.74. The maximum atomic E-state index is 2.38. The second-order valence-electron chi connectivity index (χ2n) is 11.4. The molecule has 2 heteroatoms. The summed E-state index contributed by atoms with van der Waals surface area (Å²) in [6.07, 6.45) is 15.8. The maximum Gasteiger partial charge on any atom is 0.00101 e. The van der Waals surface area contributed by atoms with Crippen molar-refractivity contribution < 1.29 is 0 Å². The average Bonchev–Trinajstić information content (AvgIpc) is 3.26. The van der Waals surface area contributed by atoms with Crippen LogP contribution in [0.2, 0.25) is 0 Å². The number of hydrogen-bond donors (Lipinski definition) is 0. The molecule has 0 heterocycles. The van der Waals surface area contributed by atoms with E-state index < -0.39 is 0 Å².